The molecule has 1 saturated carbocycles. The third-order valence-corrected chi connectivity index (χ3v) is 2.52. The smallest absolute Gasteiger partial charge is 0.0529 e. The van der Waals surface area contributed by atoms with Crippen molar-refractivity contribution >= 4 is 0 Å². The number of nitrogens with one attached hydrogen (secondary N) is 1. The second kappa shape index (κ2) is 4.97. The van der Waals surface area contributed by atoms with E-state index in [0.717, 1.165) is 25.7 Å². The lowest BCUT2D eigenvalue weighted by Gasteiger charge is -2.23. The van der Waals surface area contributed by atoms with Crippen LogP contribution in [0.15, 0.2) is 0 Å². The molecule has 1 fully saturated rings. The molecule has 0 bridgehead atoms. The molecule has 1 aliphatic rings. The molecule has 0 unspecified atom stereocenters. The van der Waals surface area contributed by atoms with E-state index in [1.165, 1.54) is 19.3 Å². The molecule has 0 aliphatic heterocycles. The summed E-state index contributed by atoms with van der Waals surface area (Å²) in [5.41, 5.74) is 0.276. The summed E-state index contributed by atoms with van der Waals surface area (Å²) >= 11 is 0. The van der Waals surface area contributed by atoms with E-state index < -0.39 is 0 Å². The van der Waals surface area contributed by atoms with Gasteiger partial charge < -0.3 is 10.1 Å². The zero-order chi connectivity index (χ0) is 9.73. The molecular weight excluding hydrogens is 162 g/mol. The van der Waals surface area contributed by atoms with E-state index in [9.17, 15) is 0 Å². The number of rotatable bonds is 7. The van der Waals surface area contributed by atoms with Crippen LogP contribution < -0.4 is 5.32 Å². The second-order valence-electron chi connectivity index (χ2n) is 4.98. The SMILES string of the molecule is CNCC(C)(C)COCCC1CC1. The van der Waals surface area contributed by atoms with Crippen molar-refractivity contribution in [2.75, 3.05) is 26.8 Å². The molecular formula is C11H23NO. The van der Waals surface area contributed by atoms with E-state index in [4.69, 9.17) is 4.74 Å². The summed E-state index contributed by atoms with van der Waals surface area (Å²) in [5, 5.41) is 3.19. The van der Waals surface area contributed by atoms with Gasteiger partial charge in [0.25, 0.3) is 0 Å². The molecule has 2 heteroatoms. The van der Waals surface area contributed by atoms with Gasteiger partial charge in [-0.05, 0) is 19.4 Å². The highest BCUT2D eigenvalue weighted by Gasteiger charge is 2.21. The first-order chi connectivity index (χ1) is 6.14. The van der Waals surface area contributed by atoms with Gasteiger partial charge in [0, 0.05) is 18.6 Å². The van der Waals surface area contributed by atoms with Gasteiger partial charge in [0.05, 0.1) is 6.61 Å². The van der Waals surface area contributed by atoms with Gasteiger partial charge in [-0.25, -0.2) is 0 Å². The standard InChI is InChI=1S/C11H23NO/c1-11(2,8-12-3)9-13-7-6-10-4-5-10/h10,12H,4-9H2,1-3H3. The largest absolute Gasteiger partial charge is 0.381 e. The van der Waals surface area contributed by atoms with E-state index >= 15 is 0 Å². The van der Waals surface area contributed by atoms with Crippen LogP contribution in [0.25, 0.3) is 0 Å². The Balaban J connectivity index is 1.95. The lowest BCUT2D eigenvalue weighted by atomic mass is 9.95. The first kappa shape index (κ1) is 11.0. The summed E-state index contributed by atoms with van der Waals surface area (Å²) in [5.74, 6) is 0.993. The summed E-state index contributed by atoms with van der Waals surface area (Å²) < 4.78 is 5.66. The molecule has 1 N–H and O–H groups in total. The molecule has 13 heavy (non-hydrogen) atoms. The molecule has 0 spiro atoms. The maximum absolute atomic E-state index is 5.66. The van der Waals surface area contributed by atoms with Gasteiger partial charge in [0.2, 0.25) is 0 Å². The second-order valence-corrected chi connectivity index (χ2v) is 4.98. The van der Waals surface area contributed by atoms with Gasteiger partial charge in [-0.15, -0.1) is 0 Å². The highest BCUT2D eigenvalue weighted by molar-refractivity contribution is 4.73. The lowest BCUT2D eigenvalue weighted by Crippen LogP contribution is -2.31. The topological polar surface area (TPSA) is 21.3 Å². The Kier molecular flexibility index (Phi) is 4.20. The molecule has 0 radical (unpaired) electrons. The third kappa shape index (κ3) is 5.27. The van der Waals surface area contributed by atoms with Crippen molar-refractivity contribution in [2.45, 2.75) is 33.1 Å². The molecule has 78 valence electrons. The van der Waals surface area contributed by atoms with E-state index in [1.807, 2.05) is 7.05 Å². The maximum atomic E-state index is 5.66. The Bertz CT molecular complexity index is 141. The number of hydrogen-bond donors (Lipinski definition) is 1. The Labute approximate surface area is 82.0 Å². The fourth-order valence-electron chi connectivity index (χ4n) is 1.53. The predicted molar refractivity (Wildman–Crippen MR) is 55.9 cm³/mol. The van der Waals surface area contributed by atoms with Gasteiger partial charge in [-0.1, -0.05) is 26.7 Å². The van der Waals surface area contributed by atoms with Gasteiger partial charge in [0.15, 0.2) is 0 Å². The number of ether oxygens (including phenoxy) is 1. The van der Waals surface area contributed by atoms with E-state index in [2.05, 4.69) is 19.2 Å². The Morgan fingerprint density at radius 2 is 2.08 bits per heavy atom. The van der Waals surface area contributed by atoms with Crippen LogP contribution in [0, 0.1) is 11.3 Å². The van der Waals surface area contributed by atoms with Crippen LogP contribution in [0.5, 0.6) is 0 Å². The maximum Gasteiger partial charge on any atom is 0.0529 e. The van der Waals surface area contributed by atoms with Gasteiger partial charge >= 0.3 is 0 Å². The summed E-state index contributed by atoms with van der Waals surface area (Å²) in [6.45, 7) is 7.33. The summed E-state index contributed by atoms with van der Waals surface area (Å²) in [6.07, 6.45) is 4.14. The van der Waals surface area contributed by atoms with Crippen molar-refractivity contribution in [3.05, 3.63) is 0 Å². The van der Waals surface area contributed by atoms with Crippen LogP contribution >= 0.6 is 0 Å². The Morgan fingerprint density at radius 1 is 1.38 bits per heavy atom. The van der Waals surface area contributed by atoms with Crippen LogP contribution in [0.3, 0.4) is 0 Å². The fraction of sp³-hybridized carbons (Fsp3) is 1.00. The average Bonchev–Trinajstić information content (AvgIpc) is 2.81. The normalized spacial score (nSPS) is 17.8. The summed E-state index contributed by atoms with van der Waals surface area (Å²) in [7, 11) is 1.99. The average molecular weight is 185 g/mol. The highest BCUT2D eigenvalue weighted by Crippen LogP contribution is 2.32. The summed E-state index contributed by atoms with van der Waals surface area (Å²) in [6, 6.07) is 0. The van der Waals surface area contributed by atoms with E-state index in [-0.39, 0.29) is 5.41 Å². The zero-order valence-corrected chi connectivity index (χ0v) is 9.23. The molecule has 2 nitrogen and oxygen atoms in total. The monoisotopic (exact) mass is 185 g/mol. The van der Waals surface area contributed by atoms with Gasteiger partial charge in [-0.2, -0.15) is 0 Å². The summed E-state index contributed by atoms with van der Waals surface area (Å²) in [4.78, 5) is 0. The highest BCUT2D eigenvalue weighted by atomic mass is 16.5. The van der Waals surface area contributed by atoms with Crippen LogP contribution in [-0.4, -0.2) is 26.8 Å². The quantitative estimate of drug-likeness (QED) is 0.613. The predicted octanol–water partition coefficient (Wildman–Crippen LogP) is 2.05. The minimum Gasteiger partial charge on any atom is -0.381 e. The van der Waals surface area contributed by atoms with E-state index in [0.29, 0.717) is 0 Å². The molecule has 0 heterocycles. The molecule has 0 atom stereocenters. The van der Waals surface area contributed by atoms with Crippen molar-refractivity contribution < 1.29 is 4.74 Å². The van der Waals surface area contributed by atoms with Crippen molar-refractivity contribution in [2.24, 2.45) is 11.3 Å². The molecule has 0 saturated heterocycles. The Hall–Kier alpha value is -0.0800. The molecule has 1 aliphatic carbocycles. The first-order valence-corrected chi connectivity index (χ1v) is 5.36. The van der Waals surface area contributed by atoms with Crippen LogP contribution in [0.4, 0.5) is 0 Å². The van der Waals surface area contributed by atoms with Crippen molar-refractivity contribution in [1.29, 1.82) is 0 Å². The minimum atomic E-state index is 0.276. The Morgan fingerprint density at radius 3 is 2.62 bits per heavy atom. The van der Waals surface area contributed by atoms with Gasteiger partial charge in [-0.3, -0.25) is 0 Å². The van der Waals surface area contributed by atoms with E-state index in [1.54, 1.807) is 0 Å². The molecule has 1 rings (SSSR count). The van der Waals surface area contributed by atoms with Crippen molar-refractivity contribution in [3.8, 4) is 0 Å². The molecule has 0 aromatic rings. The minimum absolute atomic E-state index is 0.276. The van der Waals surface area contributed by atoms with Gasteiger partial charge in [0.1, 0.15) is 0 Å². The van der Waals surface area contributed by atoms with Crippen molar-refractivity contribution in [3.63, 3.8) is 0 Å². The molecule has 0 amide bonds. The van der Waals surface area contributed by atoms with Crippen molar-refractivity contribution in [1.82, 2.24) is 5.32 Å². The lowest BCUT2D eigenvalue weighted by molar-refractivity contribution is 0.0595. The van der Waals surface area contributed by atoms with Crippen LogP contribution in [-0.2, 0) is 4.74 Å². The molecule has 0 aromatic carbocycles. The zero-order valence-electron chi connectivity index (χ0n) is 9.23. The van der Waals surface area contributed by atoms with Crippen LogP contribution in [0.1, 0.15) is 33.1 Å². The first-order valence-electron chi connectivity index (χ1n) is 5.36. The van der Waals surface area contributed by atoms with Crippen LogP contribution in [0.2, 0.25) is 0 Å². The molecule has 0 aromatic heterocycles. The number of hydrogen-bond acceptors (Lipinski definition) is 2. The third-order valence-electron chi connectivity index (χ3n) is 2.52. The fourth-order valence-corrected chi connectivity index (χ4v) is 1.53.